The average molecular weight is 260 g/mol. The molecule has 0 radical (unpaired) electrons. The lowest BCUT2D eigenvalue weighted by Crippen LogP contribution is -2.39. The lowest BCUT2D eigenvalue weighted by molar-refractivity contribution is -0.126. The monoisotopic (exact) mass is 260 g/mol. The number of carbonyl (C=O) groups excluding carboxylic acids is 3. The molecule has 5 nitrogen and oxygen atoms in total. The van der Waals surface area contributed by atoms with Gasteiger partial charge in [0.25, 0.3) is 0 Å². The van der Waals surface area contributed by atoms with E-state index in [2.05, 4.69) is 10.6 Å². The van der Waals surface area contributed by atoms with E-state index in [1.165, 1.54) is 11.8 Å². The minimum atomic E-state index is -0.338. The molecule has 0 bridgehead atoms. The first kappa shape index (κ1) is 16.0. The van der Waals surface area contributed by atoms with Crippen molar-refractivity contribution in [2.45, 2.75) is 32.4 Å². The van der Waals surface area contributed by atoms with Crippen molar-refractivity contribution < 1.29 is 14.4 Å². The van der Waals surface area contributed by atoms with E-state index < -0.39 is 0 Å². The molecule has 2 amide bonds. The highest BCUT2D eigenvalue weighted by molar-refractivity contribution is 8.00. The Morgan fingerprint density at radius 3 is 2.18 bits per heavy atom. The Morgan fingerprint density at radius 1 is 1.06 bits per heavy atom. The third-order valence-corrected chi connectivity index (χ3v) is 2.97. The fraction of sp³-hybridized carbons (Fsp3) is 0.727. The number of nitrogens with one attached hydrogen (secondary N) is 2. The van der Waals surface area contributed by atoms with Crippen LogP contribution in [0.4, 0.5) is 0 Å². The Kier molecular flexibility index (Phi) is 8.49. The standard InChI is InChI=1S/C11H20N2O3S/c1-4-9(14)5-12-10(15)6-13-11(16)7-17-8(2)3/h8H,4-7H2,1-3H3,(H,12,15)(H,13,16). The van der Waals surface area contributed by atoms with Crippen LogP contribution >= 0.6 is 11.8 Å². The Bertz CT molecular complexity index is 280. The Balaban J connectivity index is 3.62. The summed E-state index contributed by atoms with van der Waals surface area (Å²) in [4.78, 5) is 33.4. The fourth-order valence-corrected chi connectivity index (χ4v) is 1.44. The van der Waals surface area contributed by atoms with E-state index in [9.17, 15) is 14.4 Å². The van der Waals surface area contributed by atoms with Crippen LogP contribution in [0.5, 0.6) is 0 Å². The molecule has 0 heterocycles. The molecule has 0 unspecified atom stereocenters. The van der Waals surface area contributed by atoms with E-state index in [4.69, 9.17) is 0 Å². The highest BCUT2D eigenvalue weighted by atomic mass is 32.2. The predicted molar refractivity (Wildman–Crippen MR) is 68.9 cm³/mol. The molecule has 0 aliphatic carbocycles. The normalized spacial score (nSPS) is 10.1. The van der Waals surface area contributed by atoms with Crippen LogP contribution < -0.4 is 10.6 Å². The van der Waals surface area contributed by atoms with Crippen molar-refractivity contribution in [1.82, 2.24) is 10.6 Å². The molecular formula is C11H20N2O3S. The lowest BCUT2D eigenvalue weighted by Gasteiger charge is -2.07. The largest absolute Gasteiger partial charge is 0.347 e. The number of ketones is 1. The molecule has 0 rings (SSSR count). The maximum Gasteiger partial charge on any atom is 0.239 e. The first-order valence-electron chi connectivity index (χ1n) is 5.62. The van der Waals surface area contributed by atoms with Gasteiger partial charge < -0.3 is 10.6 Å². The van der Waals surface area contributed by atoms with Crippen LogP contribution in [-0.4, -0.2) is 41.7 Å². The van der Waals surface area contributed by atoms with Crippen molar-refractivity contribution in [3.05, 3.63) is 0 Å². The minimum Gasteiger partial charge on any atom is -0.347 e. The van der Waals surface area contributed by atoms with Gasteiger partial charge in [-0.2, -0.15) is 0 Å². The van der Waals surface area contributed by atoms with E-state index in [0.29, 0.717) is 17.4 Å². The summed E-state index contributed by atoms with van der Waals surface area (Å²) in [6, 6.07) is 0. The van der Waals surface area contributed by atoms with Crippen LogP contribution in [0, 0.1) is 0 Å². The molecule has 0 aromatic rings. The second-order valence-corrected chi connectivity index (χ2v) is 5.37. The molecule has 0 aromatic carbocycles. The number of carbonyl (C=O) groups is 3. The topological polar surface area (TPSA) is 75.3 Å². The Hall–Kier alpha value is -1.04. The van der Waals surface area contributed by atoms with E-state index in [-0.39, 0.29) is 30.7 Å². The van der Waals surface area contributed by atoms with Crippen LogP contribution in [0.25, 0.3) is 0 Å². The van der Waals surface area contributed by atoms with Crippen molar-refractivity contribution in [2.75, 3.05) is 18.8 Å². The zero-order valence-electron chi connectivity index (χ0n) is 10.5. The Labute approximate surface area is 106 Å². The number of amides is 2. The van der Waals surface area contributed by atoms with Gasteiger partial charge >= 0.3 is 0 Å². The van der Waals surface area contributed by atoms with E-state index in [1.54, 1.807) is 6.92 Å². The third kappa shape index (κ3) is 9.86. The predicted octanol–water partition coefficient (Wildman–Crippen LogP) is 0.340. The van der Waals surface area contributed by atoms with Gasteiger partial charge in [-0.05, 0) is 5.25 Å². The summed E-state index contributed by atoms with van der Waals surface area (Å²) >= 11 is 1.52. The van der Waals surface area contributed by atoms with Gasteiger partial charge in [0.1, 0.15) is 0 Å². The first-order chi connectivity index (χ1) is 7.95. The van der Waals surface area contributed by atoms with Gasteiger partial charge in [-0.25, -0.2) is 0 Å². The van der Waals surface area contributed by atoms with E-state index in [1.807, 2.05) is 13.8 Å². The zero-order valence-corrected chi connectivity index (χ0v) is 11.4. The molecular weight excluding hydrogens is 240 g/mol. The summed E-state index contributed by atoms with van der Waals surface area (Å²) in [7, 11) is 0. The highest BCUT2D eigenvalue weighted by Gasteiger charge is 2.07. The maximum atomic E-state index is 11.3. The number of Topliss-reactive ketones (excluding diaryl/α,β-unsaturated/α-hetero) is 1. The van der Waals surface area contributed by atoms with Crippen molar-refractivity contribution in [2.24, 2.45) is 0 Å². The fourth-order valence-electron chi connectivity index (χ4n) is 0.857. The molecule has 0 atom stereocenters. The molecule has 0 saturated heterocycles. The summed E-state index contributed by atoms with van der Waals surface area (Å²) < 4.78 is 0. The van der Waals surface area contributed by atoms with E-state index in [0.717, 1.165) is 0 Å². The number of rotatable bonds is 8. The summed E-state index contributed by atoms with van der Waals surface area (Å²) in [5.41, 5.74) is 0. The van der Waals surface area contributed by atoms with Crippen LogP contribution in [0.3, 0.4) is 0 Å². The molecule has 98 valence electrons. The van der Waals surface area contributed by atoms with Gasteiger partial charge in [0.15, 0.2) is 5.78 Å². The van der Waals surface area contributed by atoms with Crippen molar-refractivity contribution in [3.8, 4) is 0 Å². The summed E-state index contributed by atoms with van der Waals surface area (Å²) in [5.74, 6) is -0.186. The van der Waals surface area contributed by atoms with Crippen molar-refractivity contribution in [1.29, 1.82) is 0 Å². The second-order valence-electron chi connectivity index (χ2n) is 3.81. The zero-order chi connectivity index (χ0) is 13.3. The average Bonchev–Trinajstić information content (AvgIpc) is 2.30. The molecule has 6 heteroatoms. The smallest absolute Gasteiger partial charge is 0.239 e. The molecule has 0 saturated carbocycles. The molecule has 0 aliphatic rings. The summed E-state index contributed by atoms with van der Waals surface area (Å²) in [5, 5.41) is 5.33. The van der Waals surface area contributed by atoms with Gasteiger partial charge in [0.2, 0.25) is 11.8 Å². The SMILES string of the molecule is CCC(=O)CNC(=O)CNC(=O)CSC(C)C. The molecule has 0 aromatic heterocycles. The summed E-state index contributed by atoms with van der Waals surface area (Å²) in [6.45, 7) is 5.70. The molecule has 0 fully saturated rings. The van der Waals surface area contributed by atoms with Crippen LogP contribution in [0.15, 0.2) is 0 Å². The van der Waals surface area contributed by atoms with Crippen molar-refractivity contribution in [3.63, 3.8) is 0 Å². The van der Waals surface area contributed by atoms with E-state index >= 15 is 0 Å². The van der Waals surface area contributed by atoms with Gasteiger partial charge in [-0.1, -0.05) is 20.8 Å². The van der Waals surface area contributed by atoms with Crippen LogP contribution in [0.1, 0.15) is 27.2 Å². The molecule has 2 N–H and O–H groups in total. The van der Waals surface area contributed by atoms with Gasteiger partial charge in [-0.15, -0.1) is 11.8 Å². The minimum absolute atomic E-state index is 0.0277. The maximum absolute atomic E-state index is 11.3. The third-order valence-electron chi connectivity index (χ3n) is 1.87. The highest BCUT2D eigenvalue weighted by Crippen LogP contribution is 2.07. The lowest BCUT2D eigenvalue weighted by atomic mass is 10.3. The quantitative estimate of drug-likeness (QED) is 0.660. The van der Waals surface area contributed by atoms with Crippen LogP contribution in [-0.2, 0) is 14.4 Å². The number of thioether (sulfide) groups is 1. The molecule has 0 spiro atoms. The number of hydrogen-bond acceptors (Lipinski definition) is 4. The number of hydrogen-bond donors (Lipinski definition) is 2. The Morgan fingerprint density at radius 2 is 1.65 bits per heavy atom. The van der Waals surface area contributed by atoms with Crippen molar-refractivity contribution >= 4 is 29.4 Å². The van der Waals surface area contributed by atoms with Gasteiger partial charge in [0, 0.05) is 6.42 Å². The molecule has 0 aliphatic heterocycles. The second kappa shape index (κ2) is 9.04. The first-order valence-corrected chi connectivity index (χ1v) is 6.67. The summed E-state index contributed by atoms with van der Waals surface area (Å²) in [6.07, 6.45) is 0.400. The van der Waals surface area contributed by atoms with Gasteiger partial charge in [0.05, 0.1) is 18.8 Å². The van der Waals surface area contributed by atoms with Crippen LogP contribution in [0.2, 0.25) is 0 Å². The molecule has 17 heavy (non-hydrogen) atoms. The van der Waals surface area contributed by atoms with Gasteiger partial charge in [-0.3, -0.25) is 14.4 Å².